The number of carboxylic acids is 1. The van der Waals surface area contributed by atoms with Gasteiger partial charge in [-0.2, -0.15) is 4.99 Å². The summed E-state index contributed by atoms with van der Waals surface area (Å²) in [7, 11) is 0. The van der Waals surface area contributed by atoms with E-state index in [-0.39, 0.29) is 0 Å². The smallest absolute Gasteiger partial charge is 0.332 e. The molecule has 11 heavy (non-hydrogen) atoms. The van der Waals surface area contributed by atoms with E-state index in [1.807, 2.05) is 0 Å². The number of rotatable bonds is 2. The molecule has 0 saturated heterocycles. The summed E-state index contributed by atoms with van der Waals surface area (Å²) >= 11 is 0. The topological polar surface area (TPSA) is 66.7 Å². The highest BCUT2D eigenvalue weighted by Gasteiger charge is 2.41. The molecular formula is C7H9NO3. The van der Waals surface area contributed by atoms with Gasteiger partial charge in [-0.15, -0.1) is 0 Å². The molecule has 0 aromatic rings. The number of aliphatic imine (C=N–C) groups is 1. The third-order valence-corrected chi connectivity index (χ3v) is 2.09. The standard InChI is InChI=1S/C7H9NO3/c9-5-8-7(6(10)11)3-1-2-4-7/h1-4H2,(H,10,11). The predicted molar refractivity (Wildman–Crippen MR) is 37.0 cm³/mol. The Morgan fingerprint density at radius 3 is 2.36 bits per heavy atom. The molecule has 0 bridgehead atoms. The molecule has 1 aliphatic carbocycles. The fourth-order valence-corrected chi connectivity index (χ4v) is 1.42. The van der Waals surface area contributed by atoms with Crippen LogP contribution in [-0.2, 0) is 9.59 Å². The molecule has 0 amide bonds. The second-order valence-corrected chi connectivity index (χ2v) is 2.75. The number of isocyanates is 1. The van der Waals surface area contributed by atoms with Crippen LogP contribution in [0, 0.1) is 0 Å². The van der Waals surface area contributed by atoms with Gasteiger partial charge in [0.2, 0.25) is 6.08 Å². The first-order valence-corrected chi connectivity index (χ1v) is 3.54. The molecule has 1 saturated carbocycles. The van der Waals surface area contributed by atoms with E-state index < -0.39 is 11.5 Å². The number of hydrogen-bond acceptors (Lipinski definition) is 3. The van der Waals surface area contributed by atoms with Crippen LogP contribution in [0.5, 0.6) is 0 Å². The van der Waals surface area contributed by atoms with Crippen molar-refractivity contribution in [2.75, 3.05) is 0 Å². The fourth-order valence-electron chi connectivity index (χ4n) is 1.42. The maximum atomic E-state index is 10.6. The van der Waals surface area contributed by atoms with E-state index in [2.05, 4.69) is 4.99 Å². The molecule has 0 aliphatic heterocycles. The largest absolute Gasteiger partial charge is 0.479 e. The van der Waals surface area contributed by atoms with Crippen LogP contribution in [0.15, 0.2) is 4.99 Å². The average molecular weight is 155 g/mol. The van der Waals surface area contributed by atoms with E-state index in [4.69, 9.17) is 5.11 Å². The van der Waals surface area contributed by atoms with Crippen molar-refractivity contribution in [2.45, 2.75) is 31.2 Å². The maximum absolute atomic E-state index is 10.6. The Kier molecular flexibility index (Phi) is 2.06. The number of hydrogen-bond donors (Lipinski definition) is 1. The van der Waals surface area contributed by atoms with Crippen molar-refractivity contribution in [3.05, 3.63) is 0 Å². The molecule has 0 atom stereocenters. The van der Waals surface area contributed by atoms with E-state index in [9.17, 15) is 9.59 Å². The maximum Gasteiger partial charge on any atom is 0.332 e. The number of carboxylic acid groups (broad SMARTS) is 1. The van der Waals surface area contributed by atoms with Gasteiger partial charge in [0.05, 0.1) is 0 Å². The van der Waals surface area contributed by atoms with Gasteiger partial charge in [0.25, 0.3) is 0 Å². The van der Waals surface area contributed by atoms with Gasteiger partial charge >= 0.3 is 5.97 Å². The lowest BCUT2D eigenvalue weighted by Crippen LogP contribution is -2.32. The van der Waals surface area contributed by atoms with E-state index in [0.29, 0.717) is 12.8 Å². The Bertz CT molecular complexity index is 208. The van der Waals surface area contributed by atoms with Crippen LogP contribution in [0.25, 0.3) is 0 Å². The van der Waals surface area contributed by atoms with Gasteiger partial charge in [0.15, 0.2) is 5.54 Å². The average Bonchev–Trinajstić information content (AvgIpc) is 2.38. The molecule has 0 heterocycles. The van der Waals surface area contributed by atoms with Crippen LogP contribution < -0.4 is 0 Å². The van der Waals surface area contributed by atoms with Crippen LogP contribution in [0.4, 0.5) is 0 Å². The molecule has 1 fully saturated rings. The Hall–Kier alpha value is -1.15. The molecule has 0 radical (unpaired) electrons. The lowest BCUT2D eigenvalue weighted by atomic mass is 9.99. The van der Waals surface area contributed by atoms with E-state index in [1.165, 1.54) is 6.08 Å². The van der Waals surface area contributed by atoms with Crippen molar-refractivity contribution in [1.29, 1.82) is 0 Å². The van der Waals surface area contributed by atoms with Gasteiger partial charge in [-0.05, 0) is 12.8 Å². The van der Waals surface area contributed by atoms with Crippen LogP contribution in [0.2, 0.25) is 0 Å². The molecule has 60 valence electrons. The molecular weight excluding hydrogens is 146 g/mol. The molecule has 1 aliphatic rings. The third-order valence-electron chi connectivity index (χ3n) is 2.09. The lowest BCUT2D eigenvalue weighted by Gasteiger charge is -2.14. The number of aliphatic carboxylic acids is 1. The summed E-state index contributed by atoms with van der Waals surface area (Å²) in [5, 5.41) is 8.72. The summed E-state index contributed by atoms with van der Waals surface area (Å²) in [6.07, 6.45) is 3.93. The molecule has 1 N–H and O–H groups in total. The Morgan fingerprint density at radius 1 is 1.45 bits per heavy atom. The lowest BCUT2D eigenvalue weighted by molar-refractivity contribution is -0.142. The van der Waals surface area contributed by atoms with Gasteiger partial charge in [-0.1, -0.05) is 12.8 Å². The molecule has 1 rings (SSSR count). The number of nitrogens with zero attached hydrogens (tertiary/aromatic N) is 1. The van der Waals surface area contributed by atoms with Gasteiger partial charge in [0.1, 0.15) is 0 Å². The Labute approximate surface area is 63.9 Å². The fraction of sp³-hybridized carbons (Fsp3) is 0.714. The van der Waals surface area contributed by atoms with Crippen molar-refractivity contribution in [3.63, 3.8) is 0 Å². The number of carbonyl (C=O) groups is 1. The van der Waals surface area contributed by atoms with Crippen molar-refractivity contribution >= 4 is 12.0 Å². The highest BCUT2D eigenvalue weighted by atomic mass is 16.4. The molecule has 0 unspecified atom stereocenters. The highest BCUT2D eigenvalue weighted by Crippen LogP contribution is 2.32. The van der Waals surface area contributed by atoms with Crippen LogP contribution in [-0.4, -0.2) is 22.7 Å². The zero-order valence-electron chi connectivity index (χ0n) is 6.04. The summed E-state index contributed by atoms with van der Waals surface area (Å²) in [6, 6.07) is 0. The minimum atomic E-state index is -1.14. The normalized spacial score (nSPS) is 20.7. The first-order valence-electron chi connectivity index (χ1n) is 3.54. The number of carbonyl (C=O) groups excluding carboxylic acids is 1. The molecule has 0 aromatic heterocycles. The van der Waals surface area contributed by atoms with Crippen molar-refractivity contribution in [3.8, 4) is 0 Å². The summed E-state index contributed by atoms with van der Waals surface area (Å²) in [5.74, 6) is -1.00. The van der Waals surface area contributed by atoms with Gasteiger partial charge in [-0.25, -0.2) is 9.59 Å². The molecule has 0 spiro atoms. The van der Waals surface area contributed by atoms with E-state index >= 15 is 0 Å². The Morgan fingerprint density at radius 2 is 2.00 bits per heavy atom. The van der Waals surface area contributed by atoms with Crippen molar-refractivity contribution < 1.29 is 14.7 Å². The minimum Gasteiger partial charge on any atom is -0.479 e. The predicted octanol–water partition coefficient (Wildman–Crippen LogP) is 0.720. The summed E-state index contributed by atoms with van der Waals surface area (Å²) < 4.78 is 0. The quantitative estimate of drug-likeness (QED) is 0.472. The second kappa shape index (κ2) is 2.84. The van der Waals surface area contributed by atoms with Crippen LogP contribution in [0.1, 0.15) is 25.7 Å². The zero-order valence-corrected chi connectivity index (χ0v) is 6.04. The zero-order chi connectivity index (χ0) is 8.32. The minimum absolute atomic E-state index is 0.470. The van der Waals surface area contributed by atoms with Gasteiger partial charge in [-0.3, -0.25) is 0 Å². The van der Waals surface area contributed by atoms with Crippen LogP contribution in [0.3, 0.4) is 0 Å². The summed E-state index contributed by atoms with van der Waals surface area (Å²) in [4.78, 5) is 23.9. The monoisotopic (exact) mass is 155 g/mol. The van der Waals surface area contributed by atoms with Crippen LogP contribution >= 0.6 is 0 Å². The second-order valence-electron chi connectivity index (χ2n) is 2.75. The van der Waals surface area contributed by atoms with Gasteiger partial charge < -0.3 is 5.11 Å². The van der Waals surface area contributed by atoms with E-state index in [1.54, 1.807) is 0 Å². The first-order chi connectivity index (χ1) is 5.21. The van der Waals surface area contributed by atoms with Gasteiger partial charge in [0, 0.05) is 0 Å². The SMILES string of the molecule is O=C=NC1(C(=O)O)CCCC1. The highest BCUT2D eigenvalue weighted by molar-refractivity contribution is 5.80. The molecule has 0 aromatic carbocycles. The third kappa shape index (κ3) is 1.30. The summed E-state index contributed by atoms with van der Waals surface area (Å²) in [5.41, 5.74) is -1.14. The van der Waals surface area contributed by atoms with E-state index in [0.717, 1.165) is 12.8 Å². The summed E-state index contributed by atoms with van der Waals surface area (Å²) in [6.45, 7) is 0. The van der Waals surface area contributed by atoms with Crippen molar-refractivity contribution in [1.82, 2.24) is 0 Å². The van der Waals surface area contributed by atoms with Crippen molar-refractivity contribution in [2.24, 2.45) is 4.99 Å². The molecule has 4 nitrogen and oxygen atoms in total. The first kappa shape index (κ1) is 7.95. The Balaban J connectivity index is 2.87. The molecule has 4 heteroatoms.